The molecule has 5 nitrogen and oxygen atoms in total. The Balaban J connectivity index is 1.16. The van der Waals surface area contributed by atoms with E-state index in [0.717, 1.165) is 11.8 Å². The summed E-state index contributed by atoms with van der Waals surface area (Å²) in [5, 5.41) is 3.49. The van der Waals surface area contributed by atoms with Crippen molar-refractivity contribution in [3.63, 3.8) is 0 Å². The summed E-state index contributed by atoms with van der Waals surface area (Å²) in [6, 6.07) is 9.43. The van der Waals surface area contributed by atoms with E-state index in [4.69, 9.17) is 14.2 Å². The third kappa shape index (κ3) is 3.95. The third-order valence-corrected chi connectivity index (χ3v) is 7.39. The smallest absolute Gasteiger partial charge is 0.122 e. The number of ether oxygens (including phenoxy) is 3. The van der Waals surface area contributed by atoms with E-state index in [1.807, 2.05) is 0 Å². The number of likely N-dealkylation sites (tertiary alicyclic amines) is 1. The molecule has 3 heterocycles. The highest BCUT2D eigenvalue weighted by Crippen LogP contribution is 2.44. The lowest BCUT2D eigenvalue weighted by Gasteiger charge is -2.41. The largest absolute Gasteiger partial charge is 0.490 e. The van der Waals surface area contributed by atoms with Gasteiger partial charge < -0.3 is 24.4 Å². The van der Waals surface area contributed by atoms with Gasteiger partial charge in [-0.15, -0.1) is 0 Å². The summed E-state index contributed by atoms with van der Waals surface area (Å²) in [6.07, 6.45) is 6.77. The highest BCUT2D eigenvalue weighted by molar-refractivity contribution is 5.36. The van der Waals surface area contributed by atoms with Gasteiger partial charge in [-0.1, -0.05) is 18.2 Å². The van der Waals surface area contributed by atoms with Crippen molar-refractivity contribution < 1.29 is 14.2 Å². The van der Waals surface area contributed by atoms with Gasteiger partial charge in [0.25, 0.3) is 0 Å². The van der Waals surface area contributed by atoms with Crippen LogP contribution in [0.3, 0.4) is 0 Å². The van der Waals surface area contributed by atoms with Crippen molar-refractivity contribution in [2.75, 3.05) is 52.6 Å². The molecule has 0 bridgehead atoms. The van der Waals surface area contributed by atoms with E-state index in [9.17, 15) is 0 Å². The van der Waals surface area contributed by atoms with Crippen molar-refractivity contribution in [3.8, 4) is 5.75 Å². The minimum absolute atomic E-state index is 0.0549. The molecule has 1 N–H and O–H groups in total. The van der Waals surface area contributed by atoms with Crippen LogP contribution in [0.2, 0.25) is 0 Å². The molecule has 5 rings (SSSR count). The summed E-state index contributed by atoms with van der Waals surface area (Å²) in [6.45, 7) is 7.55. The van der Waals surface area contributed by atoms with Gasteiger partial charge in [0.2, 0.25) is 0 Å². The van der Waals surface area contributed by atoms with E-state index in [2.05, 4.69) is 34.5 Å². The fraction of sp³-hybridized carbons (Fsp3) is 0.739. The Bertz CT molecular complexity index is 649. The topological polar surface area (TPSA) is 43.0 Å². The average molecular weight is 387 g/mol. The lowest BCUT2D eigenvalue weighted by Crippen LogP contribution is -2.52. The number of rotatable bonds is 5. The maximum Gasteiger partial charge on any atom is 0.122 e. The average Bonchev–Trinajstić information content (AvgIpc) is 3.20. The molecule has 1 aromatic carbocycles. The molecule has 1 saturated carbocycles. The zero-order valence-corrected chi connectivity index (χ0v) is 16.9. The number of benzene rings is 1. The maximum atomic E-state index is 6.18. The SMILES string of the molecule is c1ccc(C2CCN(C3CCC4(CNC4)C3)CC2)c(OCC2COCCO2)c1. The van der Waals surface area contributed by atoms with Crippen molar-refractivity contribution in [1.82, 2.24) is 10.2 Å². The van der Waals surface area contributed by atoms with Crippen molar-refractivity contribution in [2.24, 2.45) is 5.41 Å². The highest BCUT2D eigenvalue weighted by Gasteiger charge is 2.45. The molecule has 4 aliphatic rings. The molecular formula is C23H34N2O3. The zero-order chi connectivity index (χ0) is 18.8. The second kappa shape index (κ2) is 8.31. The second-order valence-electron chi connectivity index (χ2n) is 9.23. The van der Waals surface area contributed by atoms with Gasteiger partial charge in [-0.3, -0.25) is 0 Å². The van der Waals surface area contributed by atoms with Crippen molar-refractivity contribution >= 4 is 0 Å². The Morgan fingerprint density at radius 1 is 1.11 bits per heavy atom. The fourth-order valence-electron chi connectivity index (χ4n) is 5.63. The minimum atomic E-state index is 0.0549. The molecule has 0 amide bonds. The monoisotopic (exact) mass is 386 g/mol. The van der Waals surface area contributed by atoms with Crippen LogP contribution in [-0.4, -0.2) is 69.7 Å². The Kier molecular flexibility index (Phi) is 5.60. The summed E-state index contributed by atoms with van der Waals surface area (Å²) in [4.78, 5) is 2.78. The van der Waals surface area contributed by atoms with Gasteiger partial charge in [0.15, 0.2) is 0 Å². The maximum absolute atomic E-state index is 6.18. The van der Waals surface area contributed by atoms with Crippen LogP contribution >= 0.6 is 0 Å². The Labute approximate surface area is 168 Å². The van der Waals surface area contributed by atoms with E-state index in [-0.39, 0.29) is 6.10 Å². The molecule has 3 aliphatic heterocycles. The molecule has 4 fully saturated rings. The van der Waals surface area contributed by atoms with Crippen molar-refractivity contribution in [1.29, 1.82) is 0 Å². The van der Waals surface area contributed by atoms with Crippen molar-refractivity contribution in [2.45, 2.75) is 50.2 Å². The van der Waals surface area contributed by atoms with Gasteiger partial charge in [0.1, 0.15) is 18.5 Å². The van der Waals surface area contributed by atoms with E-state index in [1.54, 1.807) is 0 Å². The number of hydrogen-bond donors (Lipinski definition) is 1. The van der Waals surface area contributed by atoms with Crippen LogP contribution < -0.4 is 10.1 Å². The molecule has 0 aromatic heterocycles. The van der Waals surface area contributed by atoms with Crippen LogP contribution in [0.4, 0.5) is 0 Å². The van der Waals surface area contributed by atoms with E-state index in [1.165, 1.54) is 63.8 Å². The van der Waals surface area contributed by atoms with Crippen LogP contribution in [0, 0.1) is 5.41 Å². The lowest BCUT2D eigenvalue weighted by molar-refractivity contribution is -0.101. The van der Waals surface area contributed by atoms with Gasteiger partial charge in [-0.2, -0.15) is 0 Å². The molecule has 154 valence electrons. The quantitative estimate of drug-likeness (QED) is 0.843. The van der Waals surface area contributed by atoms with E-state index in [0.29, 0.717) is 37.8 Å². The molecule has 1 aromatic rings. The fourth-order valence-corrected chi connectivity index (χ4v) is 5.63. The van der Waals surface area contributed by atoms with Crippen LogP contribution in [0.5, 0.6) is 5.75 Å². The van der Waals surface area contributed by atoms with E-state index >= 15 is 0 Å². The summed E-state index contributed by atoms with van der Waals surface area (Å²) < 4.78 is 17.4. The van der Waals surface area contributed by atoms with Gasteiger partial charge in [-0.25, -0.2) is 0 Å². The predicted molar refractivity (Wildman–Crippen MR) is 109 cm³/mol. The number of nitrogens with zero attached hydrogens (tertiary/aromatic N) is 1. The Morgan fingerprint density at radius 3 is 2.68 bits per heavy atom. The molecule has 1 spiro atoms. The Hall–Kier alpha value is -1.14. The first-order valence-corrected chi connectivity index (χ1v) is 11.2. The minimum Gasteiger partial charge on any atom is -0.490 e. The second-order valence-corrected chi connectivity index (χ2v) is 9.23. The highest BCUT2D eigenvalue weighted by atomic mass is 16.6. The number of hydrogen-bond acceptors (Lipinski definition) is 5. The first kappa shape index (κ1) is 18.9. The van der Waals surface area contributed by atoms with Crippen molar-refractivity contribution in [3.05, 3.63) is 29.8 Å². The van der Waals surface area contributed by atoms with Gasteiger partial charge in [0.05, 0.1) is 19.8 Å². The first-order valence-electron chi connectivity index (χ1n) is 11.2. The summed E-state index contributed by atoms with van der Waals surface area (Å²) in [5.41, 5.74) is 2.03. The molecule has 3 saturated heterocycles. The number of nitrogens with one attached hydrogen (secondary N) is 1. The number of piperidine rings is 1. The molecule has 2 atom stereocenters. The summed E-state index contributed by atoms with van der Waals surface area (Å²) in [7, 11) is 0. The predicted octanol–water partition coefficient (Wildman–Crippen LogP) is 2.80. The molecule has 2 unspecified atom stereocenters. The third-order valence-electron chi connectivity index (χ3n) is 7.39. The Morgan fingerprint density at radius 2 is 1.96 bits per heavy atom. The lowest BCUT2D eigenvalue weighted by atomic mass is 9.80. The van der Waals surface area contributed by atoms with Gasteiger partial charge in [0, 0.05) is 19.1 Å². The van der Waals surface area contributed by atoms with Crippen LogP contribution in [0.15, 0.2) is 24.3 Å². The van der Waals surface area contributed by atoms with Crippen LogP contribution in [0.25, 0.3) is 0 Å². The van der Waals surface area contributed by atoms with E-state index < -0.39 is 0 Å². The molecule has 0 radical (unpaired) electrons. The summed E-state index contributed by atoms with van der Waals surface area (Å²) >= 11 is 0. The molecular weight excluding hydrogens is 352 g/mol. The molecule has 5 heteroatoms. The normalized spacial score (nSPS) is 31.0. The molecule has 1 aliphatic carbocycles. The molecule has 28 heavy (non-hydrogen) atoms. The van der Waals surface area contributed by atoms with Crippen LogP contribution in [-0.2, 0) is 9.47 Å². The van der Waals surface area contributed by atoms with Gasteiger partial charge >= 0.3 is 0 Å². The first-order chi connectivity index (χ1) is 13.8. The van der Waals surface area contributed by atoms with Gasteiger partial charge in [-0.05, 0) is 68.2 Å². The number of para-hydroxylation sites is 1. The zero-order valence-electron chi connectivity index (χ0n) is 16.9. The summed E-state index contributed by atoms with van der Waals surface area (Å²) in [5.74, 6) is 1.65. The standard InChI is InChI=1S/C23H34N2O3/c1-2-4-22(28-15-20-14-26-11-12-27-20)21(3-1)18-6-9-25(10-7-18)19-5-8-23(13-19)16-24-17-23/h1-4,18-20,24H,5-17H2. The van der Waals surface area contributed by atoms with Crippen LogP contribution in [0.1, 0.15) is 43.6 Å².